The van der Waals surface area contributed by atoms with Crippen LogP contribution in [-0.4, -0.2) is 25.8 Å². The minimum absolute atomic E-state index is 0.262. The number of hydrogen-bond donors (Lipinski definition) is 1. The van der Waals surface area contributed by atoms with Gasteiger partial charge in [0.15, 0.2) is 0 Å². The van der Waals surface area contributed by atoms with Gasteiger partial charge in [-0.05, 0) is 34.1 Å². The second kappa shape index (κ2) is 5.53. The summed E-state index contributed by atoms with van der Waals surface area (Å²) in [7, 11) is 1.83. The molecule has 2 aromatic rings. The van der Waals surface area contributed by atoms with Gasteiger partial charge in [-0.25, -0.2) is 9.78 Å². The number of aromatic carboxylic acids is 1. The number of aryl methyl sites for hydroxylation is 1. The number of carbonyl (C=O) groups is 1. The van der Waals surface area contributed by atoms with E-state index >= 15 is 0 Å². The van der Waals surface area contributed by atoms with Crippen LogP contribution in [0, 0.1) is 0 Å². The van der Waals surface area contributed by atoms with Gasteiger partial charge in [0.2, 0.25) is 0 Å². The Hall–Kier alpha value is -1.34. The molecule has 0 saturated heterocycles. The first-order valence-electron chi connectivity index (χ1n) is 5.06. The first-order valence-corrected chi connectivity index (χ1v) is 6.84. The van der Waals surface area contributed by atoms with Gasteiger partial charge < -0.3 is 5.11 Å². The highest BCUT2D eigenvalue weighted by molar-refractivity contribution is 9.10. The molecule has 0 aliphatic rings. The summed E-state index contributed by atoms with van der Waals surface area (Å²) in [4.78, 5) is 16.0. The van der Waals surface area contributed by atoms with Crippen molar-refractivity contribution < 1.29 is 9.90 Å². The lowest BCUT2D eigenvalue weighted by Crippen LogP contribution is -1.99. The first kappa shape index (κ1) is 13.1. The molecule has 2 rings (SSSR count). The lowest BCUT2D eigenvalue weighted by atomic mass is 10.2. The monoisotopic (exact) mass is 327 g/mol. The number of aromatic nitrogens is 3. The topological polar surface area (TPSA) is 68.0 Å². The smallest absolute Gasteiger partial charge is 0.336 e. The molecule has 1 aromatic carbocycles. The standard InChI is InChI=1S/C11H10BrN3O2S/c1-15-10(13-6-14-15)5-18-7-2-3-9(12)8(4-7)11(16)17/h2-4,6H,5H2,1H3,(H,16,17). The summed E-state index contributed by atoms with van der Waals surface area (Å²) in [5, 5.41) is 13.0. The fourth-order valence-corrected chi connectivity index (χ4v) is 2.70. The Morgan fingerprint density at radius 1 is 1.56 bits per heavy atom. The minimum Gasteiger partial charge on any atom is -0.478 e. The molecular weight excluding hydrogens is 318 g/mol. The molecule has 0 fully saturated rings. The number of nitrogens with zero attached hydrogens (tertiary/aromatic N) is 3. The van der Waals surface area contributed by atoms with Crippen molar-refractivity contribution in [1.82, 2.24) is 14.8 Å². The van der Waals surface area contributed by atoms with E-state index in [1.165, 1.54) is 18.1 Å². The highest BCUT2D eigenvalue weighted by Gasteiger charge is 2.10. The van der Waals surface area contributed by atoms with Gasteiger partial charge in [-0.15, -0.1) is 11.8 Å². The fraction of sp³-hybridized carbons (Fsp3) is 0.182. The van der Waals surface area contributed by atoms with Crippen molar-refractivity contribution in [2.24, 2.45) is 7.05 Å². The third-order valence-corrected chi connectivity index (χ3v) is 4.02. The maximum Gasteiger partial charge on any atom is 0.336 e. The summed E-state index contributed by atoms with van der Waals surface area (Å²) < 4.78 is 2.28. The van der Waals surface area contributed by atoms with Crippen molar-refractivity contribution in [3.05, 3.63) is 40.4 Å². The molecule has 0 atom stereocenters. The van der Waals surface area contributed by atoms with Gasteiger partial charge in [-0.1, -0.05) is 0 Å². The number of carboxylic acid groups (broad SMARTS) is 1. The Bertz CT molecular complexity index is 585. The van der Waals surface area contributed by atoms with Crippen molar-refractivity contribution in [3.63, 3.8) is 0 Å². The van der Waals surface area contributed by atoms with Crippen LogP contribution in [0.3, 0.4) is 0 Å². The molecule has 1 N–H and O–H groups in total. The highest BCUT2D eigenvalue weighted by Crippen LogP contribution is 2.26. The molecular formula is C11H10BrN3O2S. The average Bonchev–Trinajstić information content (AvgIpc) is 2.73. The molecule has 0 spiro atoms. The molecule has 0 bridgehead atoms. The number of hydrogen-bond acceptors (Lipinski definition) is 4. The molecule has 0 unspecified atom stereocenters. The Kier molecular flexibility index (Phi) is 4.03. The number of carboxylic acids is 1. The van der Waals surface area contributed by atoms with Crippen molar-refractivity contribution in [3.8, 4) is 0 Å². The predicted molar refractivity (Wildman–Crippen MR) is 71.7 cm³/mol. The summed E-state index contributed by atoms with van der Waals surface area (Å²) in [6.07, 6.45) is 1.50. The van der Waals surface area contributed by atoms with Crippen LogP contribution < -0.4 is 0 Å². The maximum absolute atomic E-state index is 11.0. The number of thioether (sulfide) groups is 1. The van der Waals surface area contributed by atoms with Crippen LogP contribution in [0.1, 0.15) is 16.2 Å². The quantitative estimate of drug-likeness (QED) is 0.874. The molecule has 0 aliphatic heterocycles. The zero-order valence-corrected chi connectivity index (χ0v) is 11.9. The average molecular weight is 328 g/mol. The molecule has 0 amide bonds. The Labute approximate surface area is 116 Å². The van der Waals surface area contributed by atoms with E-state index in [4.69, 9.17) is 5.11 Å². The van der Waals surface area contributed by atoms with Crippen molar-refractivity contribution >= 4 is 33.7 Å². The molecule has 94 valence electrons. The SMILES string of the molecule is Cn1ncnc1CSc1ccc(Br)c(C(=O)O)c1. The lowest BCUT2D eigenvalue weighted by molar-refractivity contribution is 0.0695. The Balaban J connectivity index is 2.13. The number of halogens is 1. The summed E-state index contributed by atoms with van der Waals surface area (Å²) in [6, 6.07) is 5.26. The summed E-state index contributed by atoms with van der Waals surface area (Å²) in [5.41, 5.74) is 0.262. The normalized spacial score (nSPS) is 10.6. The molecule has 0 aliphatic carbocycles. The van der Waals surface area contributed by atoms with Crippen LogP contribution >= 0.6 is 27.7 Å². The maximum atomic E-state index is 11.0. The van der Waals surface area contributed by atoms with Gasteiger partial charge in [-0.2, -0.15) is 5.10 Å². The second-order valence-electron chi connectivity index (χ2n) is 3.54. The van der Waals surface area contributed by atoms with Crippen molar-refractivity contribution in [2.45, 2.75) is 10.6 Å². The Morgan fingerprint density at radius 3 is 2.94 bits per heavy atom. The van der Waals surface area contributed by atoms with E-state index in [1.54, 1.807) is 16.8 Å². The van der Waals surface area contributed by atoms with Gasteiger partial charge >= 0.3 is 5.97 Å². The molecule has 1 aromatic heterocycles. The minimum atomic E-state index is -0.942. The summed E-state index contributed by atoms with van der Waals surface area (Å²) >= 11 is 4.74. The molecule has 0 radical (unpaired) electrons. The van der Waals surface area contributed by atoms with Crippen LogP contribution in [0.25, 0.3) is 0 Å². The molecule has 18 heavy (non-hydrogen) atoms. The third kappa shape index (κ3) is 2.91. The lowest BCUT2D eigenvalue weighted by Gasteiger charge is -2.04. The van der Waals surface area contributed by atoms with Crippen LogP contribution in [0.15, 0.2) is 33.9 Å². The molecule has 0 saturated carbocycles. The second-order valence-corrected chi connectivity index (χ2v) is 5.44. The van der Waals surface area contributed by atoms with Crippen LogP contribution in [0.4, 0.5) is 0 Å². The Morgan fingerprint density at radius 2 is 2.33 bits per heavy atom. The fourth-order valence-electron chi connectivity index (χ4n) is 1.36. The largest absolute Gasteiger partial charge is 0.478 e. The summed E-state index contributed by atoms with van der Waals surface area (Å²) in [6.45, 7) is 0. The van der Waals surface area contributed by atoms with E-state index < -0.39 is 5.97 Å². The number of benzene rings is 1. The van der Waals surface area contributed by atoms with E-state index in [1.807, 2.05) is 13.1 Å². The van der Waals surface area contributed by atoms with E-state index in [0.29, 0.717) is 10.2 Å². The van der Waals surface area contributed by atoms with E-state index in [9.17, 15) is 4.79 Å². The first-order chi connectivity index (χ1) is 8.58. The van der Waals surface area contributed by atoms with Crippen LogP contribution in [0.5, 0.6) is 0 Å². The van der Waals surface area contributed by atoms with E-state index in [-0.39, 0.29) is 5.56 Å². The van der Waals surface area contributed by atoms with Crippen molar-refractivity contribution in [1.29, 1.82) is 0 Å². The van der Waals surface area contributed by atoms with E-state index in [2.05, 4.69) is 26.0 Å². The van der Waals surface area contributed by atoms with Gasteiger partial charge in [0.25, 0.3) is 0 Å². The van der Waals surface area contributed by atoms with Crippen LogP contribution in [-0.2, 0) is 12.8 Å². The highest BCUT2D eigenvalue weighted by atomic mass is 79.9. The van der Waals surface area contributed by atoms with Gasteiger partial charge in [-0.3, -0.25) is 4.68 Å². The third-order valence-electron chi connectivity index (χ3n) is 2.34. The van der Waals surface area contributed by atoms with Gasteiger partial charge in [0.05, 0.1) is 11.3 Å². The van der Waals surface area contributed by atoms with Crippen molar-refractivity contribution in [2.75, 3.05) is 0 Å². The van der Waals surface area contributed by atoms with E-state index in [0.717, 1.165) is 10.7 Å². The molecule has 5 nitrogen and oxygen atoms in total. The molecule has 7 heteroatoms. The predicted octanol–water partition coefficient (Wildman–Crippen LogP) is 2.57. The van der Waals surface area contributed by atoms with Gasteiger partial charge in [0.1, 0.15) is 12.2 Å². The zero-order valence-electron chi connectivity index (χ0n) is 9.50. The zero-order chi connectivity index (χ0) is 13.1. The summed E-state index contributed by atoms with van der Waals surface area (Å²) in [5.74, 6) is 0.555. The molecule has 1 heterocycles. The number of rotatable bonds is 4. The van der Waals surface area contributed by atoms with Gasteiger partial charge in [0, 0.05) is 16.4 Å². The van der Waals surface area contributed by atoms with Crippen LogP contribution in [0.2, 0.25) is 0 Å².